The Bertz CT molecular complexity index is 184. The molecule has 0 aromatic heterocycles. The Hall–Kier alpha value is -0.120. The lowest BCUT2D eigenvalue weighted by Crippen LogP contribution is -2.53. The van der Waals surface area contributed by atoms with E-state index in [1.165, 1.54) is 38.8 Å². The molecule has 0 spiro atoms. The lowest BCUT2D eigenvalue weighted by atomic mass is 9.86. The zero-order valence-electron chi connectivity index (χ0n) is 9.67. The quantitative estimate of drug-likeness (QED) is 0.729. The number of nitrogens with zero attached hydrogens (tertiary/aromatic N) is 1. The highest BCUT2D eigenvalue weighted by molar-refractivity contribution is 4.91. The van der Waals surface area contributed by atoms with Crippen LogP contribution in [-0.4, -0.2) is 48.3 Å². The molecule has 15 heavy (non-hydrogen) atoms. The molecule has 3 heteroatoms. The molecule has 0 bridgehead atoms. The molecule has 2 N–H and O–H groups in total. The van der Waals surface area contributed by atoms with Gasteiger partial charge in [0.1, 0.15) is 0 Å². The van der Waals surface area contributed by atoms with Gasteiger partial charge in [-0.25, -0.2) is 0 Å². The molecule has 2 heterocycles. The van der Waals surface area contributed by atoms with Gasteiger partial charge < -0.3 is 15.3 Å². The van der Waals surface area contributed by atoms with Gasteiger partial charge in [-0.3, -0.25) is 0 Å². The maximum absolute atomic E-state index is 9.53. The number of piperidine rings is 1. The third kappa shape index (κ3) is 2.92. The average Bonchev–Trinajstić information content (AvgIpc) is 2.81. The standard InChI is InChI=1S/C12H24N2O/c15-11-12(5-1-2-7-13-12)6-10-14-8-3-4-9-14/h13,15H,1-11H2. The summed E-state index contributed by atoms with van der Waals surface area (Å²) in [6.45, 7) is 5.08. The van der Waals surface area contributed by atoms with Gasteiger partial charge >= 0.3 is 0 Å². The lowest BCUT2D eigenvalue weighted by molar-refractivity contribution is 0.112. The summed E-state index contributed by atoms with van der Waals surface area (Å²) in [5.41, 5.74) is 0.0425. The molecule has 2 aliphatic heterocycles. The number of hydrogen-bond donors (Lipinski definition) is 2. The van der Waals surface area contributed by atoms with E-state index >= 15 is 0 Å². The van der Waals surface area contributed by atoms with E-state index in [0.717, 1.165) is 25.9 Å². The molecule has 0 aromatic carbocycles. The van der Waals surface area contributed by atoms with Crippen molar-refractivity contribution in [3.8, 4) is 0 Å². The zero-order valence-corrected chi connectivity index (χ0v) is 9.67. The van der Waals surface area contributed by atoms with Crippen LogP contribution in [0, 0.1) is 0 Å². The van der Waals surface area contributed by atoms with Crippen LogP contribution in [0.15, 0.2) is 0 Å². The first-order chi connectivity index (χ1) is 7.35. The fourth-order valence-corrected chi connectivity index (χ4v) is 2.84. The van der Waals surface area contributed by atoms with Crippen molar-refractivity contribution in [3.05, 3.63) is 0 Å². The SMILES string of the molecule is OCC1(CCN2CCCC2)CCCCN1. The van der Waals surface area contributed by atoms with Crippen molar-refractivity contribution in [2.75, 3.05) is 32.8 Å². The van der Waals surface area contributed by atoms with Crippen molar-refractivity contribution in [2.45, 2.75) is 44.1 Å². The van der Waals surface area contributed by atoms with Crippen molar-refractivity contribution in [1.82, 2.24) is 10.2 Å². The van der Waals surface area contributed by atoms with Gasteiger partial charge in [0.2, 0.25) is 0 Å². The number of aliphatic hydroxyl groups excluding tert-OH is 1. The normalized spacial score (nSPS) is 33.4. The van der Waals surface area contributed by atoms with Gasteiger partial charge in [0.15, 0.2) is 0 Å². The molecule has 0 saturated carbocycles. The molecule has 1 atom stereocenters. The van der Waals surface area contributed by atoms with Crippen LogP contribution in [0.5, 0.6) is 0 Å². The van der Waals surface area contributed by atoms with E-state index in [4.69, 9.17) is 0 Å². The van der Waals surface area contributed by atoms with Crippen molar-refractivity contribution in [3.63, 3.8) is 0 Å². The fraction of sp³-hybridized carbons (Fsp3) is 1.00. The van der Waals surface area contributed by atoms with Gasteiger partial charge in [-0.2, -0.15) is 0 Å². The van der Waals surface area contributed by atoms with Crippen LogP contribution in [0.4, 0.5) is 0 Å². The Morgan fingerprint density at radius 2 is 1.93 bits per heavy atom. The summed E-state index contributed by atoms with van der Waals surface area (Å²) >= 11 is 0. The molecule has 1 unspecified atom stereocenters. The summed E-state index contributed by atoms with van der Waals surface area (Å²) in [6, 6.07) is 0. The zero-order chi connectivity index (χ0) is 10.6. The molecule has 2 saturated heterocycles. The highest BCUT2D eigenvalue weighted by Gasteiger charge is 2.31. The molecule has 2 fully saturated rings. The van der Waals surface area contributed by atoms with E-state index in [1.54, 1.807) is 0 Å². The van der Waals surface area contributed by atoms with Crippen LogP contribution < -0.4 is 5.32 Å². The summed E-state index contributed by atoms with van der Waals surface area (Å²) in [4.78, 5) is 2.54. The largest absolute Gasteiger partial charge is 0.394 e. The van der Waals surface area contributed by atoms with E-state index in [-0.39, 0.29) is 5.54 Å². The van der Waals surface area contributed by atoms with Gasteiger partial charge in [-0.15, -0.1) is 0 Å². The lowest BCUT2D eigenvalue weighted by Gasteiger charge is -2.38. The van der Waals surface area contributed by atoms with E-state index in [1.807, 2.05) is 0 Å². The van der Waals surface area contributed by atoms with Crippen molar-refractivity contribution in [2.24, 2.45) is 0 Å². The molecule has 2 aliphatic rings. The maximum atomic E-state index is 9.53. The Balaban J connectivity index is 1.78. The predicted octanol–water partition coefficient (Wildman–Crippen LogP) is 0.977. The van der Waals surface area contributed by atoms with Gasteiger partial charge in [0.25, 0.3) is 0 Å². The van der Waals surface area contributed by atoms with Gasteiger partial charge in [-0.1, -0.05) is 6.42 Å². The average molecular weight is 212 g/mol. The van der Waals surface area contributed by atoms with E-state index in [9.17, 15) is 5.11 Å². The number of nitrogens with one attached hydrogen (secondary N) is 1. The third-order valence-corrected chi connectivity index (χ3v) is 3.99. The number of likely N-dealkylation sites (tertiary alicyclic amines) is 1. The second-order valence-corrected chi connectivity index (χ2v) is 5.12. The Labute approximate surface area is 92.8 Å². The van der Waals surface area contributed by atoms with E-state index in [2.05, 4.69) is 10.2 Å². The first-order valence-corrected chi connectivity index (χ1v) is 6.43. The maximum Gasteiger partial charge on any atom is 0.0613 e. The number of rotatable bonds is 4. The smallest absolute Gasteiger partial charge is 0.0613 e. The van der Waals surface area contributed by atoms with Gasteiger partial charge in [-0.05, 0) is 58.3 Å². The van der Waals surface area contributed by atoms with E-state index in [0.29, 0.717) is 6.61 Å². The van der Waals surface area contributed by atoms with Crippen molar-refractivity contribution >= 4 is 0 Å². The highest BCUT2D eigenvalue weighted by Crippen LogP contribution is 2.23. The van der Waals surface area contributed by atoms with Crippen LogP contribution in [0.25, 0.3) is 0 Å². The van der Waals surface area contributed by atoms with Crippen LogP contribution in [0.2, 0.25) is 0 Å². The summed E-state index contributed by atoms with van der Waals surface area (Å²) in [6.07, 6.45) is 7.53. The first kappa shape index (κ1) is 11.4. The van der Waals surface area contributed by atoms with Crippen LogP contribution in [-0.2, 0) is 0 Å². The van der Waals surface area contributed by atoms with Crippen molar-refractivity contribution < 1.29 is 5.11 Å². The third-order valence-electron chi connectivity index (χ3n) is 3.99. The minimum atomic E-state index is 0.0425. The highest BCUT2D eigenvalue weighted by atomic mass is 16.3. The second-order valence-electron chi connectivity index (χ2n) is 5.12. The minimum Gasteiger partial charge on any atom is -0.394 e. The number of aliphatic hydroxyl groups is 1. The first-order valence-electron chi connectivity index (χ1n) is 6.43. The van der Waals surface area contributed by atoms with Crippen LogP contribution in [0.1, 0.15) is 38.5 Å². The van der Waals surface area contributed by atoms with Crippen molar-refractivity contribution in [1.29, 1.82) is 0 Å². The molecular formula is C12H24N2O. The Morgan fingerprint density at radius 3 is 2.53 bits per heavy atom. The monoisotopic (exact) mass is 212 g/mol. The molecule has 0 amide bonds. The summed E-state index contributed by atoms with van der Waals surface area (Å²) in [5, 5.41) is 13.1. The fourth-order valence-electron chi connectivity index (χ4n) is 2.84. The molecule has 2 rings (SSSR count). The minimum absolute atomic E-state index is 0.0425. The predicted molar refractivity (Wildman–Crippen MR) is 62.0 cm³/mol. The topological polar surface area (TPSA) is 35.5 Å². The van der Waals surface area contributed by atoms with E-state index < -0.39 is 0 Å². The molecule has 0 radical (unpaired) electrons. The van der Waals surface area contributed by atoms with Gasteiger partial charge in [0.05, 0.1) is 6.61 Å². The molecule has 3 nitrogen and oxygen atoms in total. The second kappa shape index (κ2) is 5.28. The summed E-state index contributed by atoms with van der Waals surface area (Å²) in [5.74, 6) is 0. The van der Waals surface area contributed by atoms with Gasteiger partial charge in [0, 0.05) is 5.54 Å². The number of hydrogen-bond acceptors (Lipinski definition) is 3. The Morgan fingerprint density at radius 1 is 1.13 bits per heavy atom. The molecular weight excluding hydrogens is 188 g/mol. The molecule has 0 aromatic rings. The molecule has 0 aliphatic carbocycles. The summed E-state index contributed by atoms with van der Waals surface area (Å²) < 4.78 is 0. The summed E-state index contributed by atoms with van der Waals surface area (Å²) in [7, 11) is 0. The van der Waals surface area contributed by atoms with Crippen LogP contribution >= 0.6 is 0 Å². The van der Waals surface area contributed by atoms with Crippen LogP contribution in [0.3, 0.4) is 0 Å². The molecule has 88 valence electrons. The Kier molecular flexibility index (Phi) is 4.00.